The lowest BCUT2D eigenvalue weighted by Crippen LogP contribution is -2.22. The first-order chi connectivity index (χ1) is 24.0. The average molecular weight is 639 g/mol. The Morgan fingerprint density at radius 2 is 1.43 bits per heavy atom. The van der Waals surface area contributed by atoms with E-state index in [1.165, 1.54) is 101 Å². The van der Waals surface area contributed by atoms with Gasteiger partial charge in [-0.05, 0) is 118 Å². The molecule has 6 aromatic rings. The summed E-state index contributed by atoms with van der Waals surface area (Å²) in [6.07, 6.45) is 16.3. The van der Waals surface area contributed by atoms with Crippen LogP contribution in [0.4, 0.5) is 0 Å². The Balaban J connectivity index is 1.45. The van der Waals surface area contributed by atoms with E-state index in [-0.39, 0.29) is 11.3 Å². The summed E-state index contributed by atoms with van der Waals surface area (Å²) in [7, 11) is 0. The van der Waals surface area contributed by atoms with Gasteiger partial charge in [0.15, 0.2) is 0 Å². The van der Waals surface area contributed by atoms with Crippen LogP contribution in [0.3, 0.4) is 0 Å². The molecular weight excluding hydrogens is 593 g/mol. The molecule has 244 valence electrons. The molecule has 3 aliphatic carbocycles. The maximum absolute atomic E-state index is 5.93. The van der Waals surface area contributed by atoms with E-state index in [2.05, 4.69) is 135 Å². The lowest BCUT2D eigenvalue weighted by atomic mass is 9.81. The zero-order valence-corrected chi connectivity index (χ0v) is 29.4. The van der Waals surface area contributed by atoms with Crippen LogP contribution in [-0.4, -0.2) is 10.4 Å². The van der Waals surface area contributed by atoms with Crippen LogP contribution >= 0.6 is 0 Å². The first-order valence-corrected chi connectivity index (χ1v) is 18.6. The second-order valence-corrected chi connectivity index (χ2v) is 15.2. The van der Waals surface area contributed by atoms with Crippen LogP contribution < -0.4 is 0 Å². The van der Waals surface area contributed by atoms with E-state index < -0.39 is 0 Å². The first kappa shape index (κ1) is 30.4. The van der Waals surface area contributed by atoms with Crippen LogP contribution in [0.1, 0.15) is 90.2 Å². The van der Waals surface area contributed by atoms with Crippen molar-refractivity contribution in [1.82, 2.24) is 4.57 Å². The zero-order chi connectivity index (χ0) is 33.3. The Hall–Kier alpha value is -4.69. The number of benzene rings is 5. The van der Waals surface area contributed by atoms with E-state index in [9.17, 15) is 0 Å². The third-order valence-corrected chi connectivity index (χ3v) is 11.9. The van der Waals surface area contributed by atoms with Crippen molar-refractivity contribution in [1.29, 1.82) is 0 Å². The van der Waals surface area contributed by atoms with Gasteiger partial charge in [-0.1, -0.05) is 119 Å². The summed E-state index contributed by atoms with van der Waals surface area (Å²) < 4.78 is 2.62. The van der Waals surface area contributed by atoms with Gasteiger partial charge in [-0.25, -0.2) is 4.99 Å². The SMILES string of the molecule is CCC(C)C(=N/C(C1=CCCCC1)=C1\CC=CCC1)n1c2c(c3cc4c5ccccc5c5ccccc5c4cc31)C(C)(C)c1ccccc1-2. The zero-order valence-electron chi connectivity index (χ0n) is 29.4. The maximum Gasteiger partial charge on any atom is 0.117 e. The van der Waals surface area contributed by atoms with E-state index in [4.69, 9.17) is 4.99 Å². The van der Waals surface area contributed by atoms with Crippen LogP contribution in [0.5, 0.6) is 0 Å². The van der Waals surface area contributed by atoms with Gasteiger partial charge in [-0.3, -0.25) is 4.57 Å². The molecule has 0 saturated carbocycles. The molecule has 1 heterocycles. The molecule has 1 atom stereocenters. The number of hydrogen-bond acceptors (Lipinski definition) is 1. The second-order valence-electron chi connectivity index (χ2n) is 15.2. The van der Waals surface area contributed by atoms with Gasteiger partial charge in [0, 0.05) is 22.3 Å². The molecule has 2 heteroatoms. The number of allylic oxidation sites excluding steroid dienone is 5. The predicted octanol–water partition coefficient (Wildman–Crippen LogP) is 13.2. The topological polar surface area (TPSA) is 17.3 Å². The van der Waals surface area contributed by atoms with Gasteiger partial charge >= 0.3 is 0 Å². The van der Waals surface area contributed by atoms with Gasteiger partial charge in [0.2, 0.25) is 0 Å². The molecule has 1 aromatic heterocycles. The minimum absolute atomic E-state index is 0.141. The van der Waals surface area contributed by atoms with Crippen molar-refractivity contribution in [3.8, 4) is 11.3 Å². The van der Waals surface area contributed by atoms with Crippen molar-refractivity contribution in [3.63, 3.8) is 0 Å². The fourth-order valence-electron chi connectivity index (χ4n) is 9.21. The van der Waals surface area contributed by atoms with E-state index in [1.807, 2.05) is 0 Å². The highest BCUT2D eigenvalue weighted by Crippen LogP contribution is 2.54. The molecule has 0 amide bonds. The average Bonchev–Trinajstić information content (AvgIpc) is 3.61. The number of nitrogens with zero attached hydrogens (tertiary/aromatic N) is 2. The van der Waals surface area contributed by atoms with Gasteiger partial charge in [-0.15, -0.1) is 0 Å². The maximum atomic E-state index is 5.93. The lowest BCUT2D eigenvalue weighted by molar-refractivity contribution is 0.666. The fourth-order valence-corrected chi connectivity index (χ4v) is 9.21. The van der Waals surface area contributed by atoms with Gasteiger partial charge in [0.25, 0.3) is 0 Å². The molecule has 0 N–H and O–H groups in total. The molecule has 0 fully saturated rings. The Bertz CT molecular complexity index is 2440. The number of hydrogen-bond donors (Lipinski definition) is 0. The van der Waals surface area contributed by atoms with E-state index in [0.717, 1.165) is 38.5 Å². The third kappa shape index (κ3) is 4.63. The highest BCUT2D eigenvalue weighted by molar-refractivity contribution is 6.28. The summed E-state index contributed by atoms with van der Waals surface area (Å²) in [5.74, 6) is 1.47. The Morgan fingerprint density at radius 1 is 0.755 bits per heavy atom. The molecule has 0 bridgehead atoms. The van der Waals surface area contributed by atoms with Crippen molar-refractivity contribution in [2.45, 2.75) is 84.5 Å². The Kier molecular flexibility index (Phi) is 7.27. The minimum atomic E-state index is -0.141. The molecule has 5 aromatic carbocycles. The normalized spacial score (nSPS) is 19.0. The van der Waals surface area contributed by atoms with Crippen LogP contribution in [0, 0.1) is 5.92 Å². The molecule has 49 heavy (non-hydrogen) atoms. The summed E-state index contributed by atoms with van der Waals surface area (Å²) in [6, 6.07) is 32.1. The highest BCUT2D eigenvalue weighted by Gasteiger charge is 2.41. The summed E-state index contributed by atoms with van der Waals surface area (Å²) in [6.45, 7) is 9.58. The standard InChI is InChI=1S/C47H46N2/c1-5-30(2)46(48-44(31-18-8-6-9-19-31)32-20-10-7-11-21-32)49-42-29-39-36-25-15-13-23-34(36)33-22-12-14-24-35(33)38(39)28-40(42)43-45(49)37-26-16-17-27-41(37)47(43,3)4/h6,8,12-17,20,22-30H,5,7,9-11,18-19,21H2,1-4H3/b44-31+,48-46?. The molecule has 0 radical (unpaired) electrons. The summed E-state index contributed by atoms with van der Waals surface area (Å²) >= 11 is 0. The third-order valence-electron chi connectivity index (χ3n) is 11.9. The molecule has 3 aliphatic rings. The predicted molar refractivity (Wildman–Crippen MR) is 211 cm³/mol. The minimum Gasteiger partial charge on any atom is -0.297 e. The van der Waals surface area contributed by atoms with E-state index in [1.54, 1.807) is 0 Å². The number of fused-ring (bicyclic) bond motifs is 11. The molecule has 1 unspecified atom stereocenters. The van der Waals surface area contributed by atoms with Crippen molar-refractivity contribution >= 4 is 49.1 Å². The molecule has 9 rings (SSSR count). The largest absolute Gasteiger partial charge is 0.297 e. The fraction of sp³-hybridized carbons (Fsp3) is 0.298. The summed E-state index contributed by atoms with van der Waals surface area (Å²) in [5, 5.41) is 9.29. The van der Waals surface area contributed by atoms with Crippen molar-refractivity contribution in [3.05, 3.63) is 131 Å². The van der Waals surface area contributed by atoms with Crippen molar-refractivity contribution in [2.24, 2.45) is 10.9 Å². The Labute approximate surface area is 290 Å². The van der Waals surface area contributed by atoms with Gasteiger partial charge in [-0.2, -0.15) is 0 Å². The van der Waals surface area contributed by atoms with Crippen LogP contribution in [-0.2, 0) is 5.41 Å². The van der Waals surface area contributed by atoms with Crippen LogP contribution in [0.2, 0.25) is 0 Å². The quantitative estimate of drug-likeness (QED) is 0.0791. The van der Waals surface area contributed by atoms with E-state index in [0.29, 0.717) is 0 Å². The smallest absolute Gasteiger partial charge is 0.117 e. The molecule has 0 aliphatic heterocycles. The Morgan fingerprint density at radius 3 is 2.08 bits per heavy atom. The van der Waals surface area contributed by atoms with Gasteiger partial charge in [0.1, 0.15) is 5.84 Å². The van der Waals surface area contributed by atoms with Crippen LogP contribution in [0.15, 0.2) is 125 Å². The first-order valence-electron chi connectivity index (χ1n) is 18.6. The molecule has 0 saturated heterocycles. The molecule has 0 spiro atoms. The van der Waals surface area contributed by atoms with E-state index >= 15 is 0 Å². The second kappa shape index (κ2) is 11.7. The van der Waals surface area contributed by atoms with Crippen molar-refractivity contribution in [2.75, 3.05) is 0 Å². The lowest BCUT2D eigenvalue weighted by Gasteiger charge is -2.24. The molecule has 2 nitrogen and oxygen atoms in total. The van der Waals surface area contributed by atoms with Gasteiger partial charge in [0.05, 0.1) is 16.9 Å². The van der Waals surface area contributed by atoms with Crippen molar-refractivity contribution < 1.29 is 0 Å². The van der Waals surface area contributed by atoms with Crippen LogP contribution in [0.25, 0.3) is 54.5 Å². The number of aromatic nitrogens is 1. The number of aliphatic imine (C=N–C) groups is 1. The summed E-state index contributed by atoms with van der Waals surface area (Å²) in [5.41, 5.74) is 10.9. The number of rotatable bonds is 4. The molecular formula is C47H46N2. The summed E-state index contributed by atoms with van der Waals surface area (Å²) in [4.78, 5) is 5.93. The monoisotopic (exact) mass is 638 g/mol. The highest BCUT2D eigenvalue weighted by atomic mass is 15.1. The van der Waals surface area contributed by atoms with Gasteiger partial charge < -0.3 is 0 Å².